The lowest BCUT2D eigenvalue weighted by Gasteiger charge is -2.25. The van der Waals surface area contributed by atoms with Crippen LogP contribution in [-0.4, -0.2) is 77.4 Å². The van der Waals surface area contributed by atoms with Crippen molar-refractivity contribution in [3.05, 3.63) is 53.6 Å². The lowest BCUT2D eigenvalue weighted by molar-refractivity contribution is -0.116. The zero-order valence-electron chi connectivity index (χ0n) is 20.7. The quantitative estimate of drug-likeness (QED) is 0.485. The van der Waals surface area contributed by atoms with Crippen LogP contribution in [-0.2, 0) is 11.3 Å². The smallest absolute Gasteiger partial charge is 0.302 e. The molecule has 2 aromatic carbocycles. The maximum Gasteiger partial charge on any atom is 0.302 e. The summed E-state index contributed by atoms with van der Waals surface area (Å²) in [7, 11) is 1.61. The van der Waals surface area contributed by atoms with Crippen molar-refractivity contribution in [1.29, 1.82) is 0 Å². The van der Waals surface area contributed by atoms with E-state index in [1.165, 1.54) is 16.8 Å². The molecule has 1 fully saturated rings. The third kappa shape index (κ3) is 7.18. The second-order valence-corrected chi connectivity index (χ2v) is 10.6. The first-order valence-corrected chi connectivity index (χ1v) is 14.2. The number of nitrogens with one attached hydrogen (secondary N) is 1. The molecular weight excluding hydrogens is 496 g/mol. The minimum atomic E-state index is -0.0919. The number of benzene rings is 2. The zero-order valence-corrected chi connectivity index (χ0v) is 22.3. The molecule has 0 bridgehead atoms. The topological polar surface area (TPSA) is 83.5 Å². The minimum Gasteiger partial charge on any atom is -0.493 e. The second kappa shape index (κ2) is 13.0. The van der Waals surface area contributed by atoms with Gasteiger partial charge in [-0.1, -0.05) is 23.9 Å². The van der Waals surface area contributed by atoms with E-state index in [1.807, 2.05) is 61.2 Å². The van der Waals surface area contributed by atoms with Gasteiger partial charge in [0.15, 0.2) is 11.5 Å². The Kier molecular flexibility index (Phi) is 9.54. The molecule has 0 aromatic heterocycles. The maximum absolute atomic E-state index is 12.5. The van der Waals surface area contributed by atoms with Crippen LogP contribution in [0, 0.1) is 0 Å². The van der Waals surface area contributed by atoms with Gasteiger partial charge < -0.3 is 19.7 Å². The average Bonchev–Trinajstić information content (AvgIpc) is 2.90. The van der Waals surface area contributed by atoms with E-state index in [0.717, 1.165) is 53.7 Å². The molecule has 2 amide bonds. The molecule has 0 atom stereocenters. The van der Waals surface area contributed by atoms with Gasteiger partial charge in [-0.25, -0.2) is 5.01 Å². The number of amides is 2. The van der Waals surface area contributed by atoms with E-state index in [-0.39, 0.29) is 11.1 Å². The molecule has 8 nitrogen and oxygen atoms in total. The van der Waals surface area contributed by atoms with Crippen LogP contribution in [0.2, 0.25) is 0 Å². The molecule has 0 radical (unpaired) electrons. The van der Waals surface area contributed by atoms with Crippen LogP contribution in [0.5, 0.6) is 11.5 Å². The fraction of sp³-hybridized carbons (Fsp3) is 0.423. The van der Waals surface area contributed by atoms with Crippen LogP contribution in [0.4, 0.5) is 10.5 Å². The number of hydrogen-bond donors (Lipinski definition) is 1. The number of hydrogen-bond acceptors (Lipinski definition) is 8. The highest BCUT2D eigenvalue weighted by Gasteiger charge is 2.23. The van der Waals surface area contributed by atoms with Crippen LogP contribution in [0.15, 0.2) is 47.6 Å². The molecule has 4 rings (SSSR count). The predicted octanol–water partition coefficient (Wildman–Crippen LogP) is 4.54. The van der Waals surface area contributed by atoms with Crippen LogP contribution in [0.25, 0.3) is 0 Å². The summed E-state index contributed by atoms with van der Waals surface area (Å²) in [4.78, 5) is 27.2. The van der Waals surface area contributed by atoms with E-state index in [9.17, 15) is 9.59 Å². The first-order valence-electron chi connectivity index (χ1n) is 12.1. The van der Waals surface area contributed by atoms with Crippen LogP contribution in [0.3, 0.4) is 0 Å². The van der Waals surface area contributed by atoms with E-state index in [0.29, 0.717) is 36.8 Å². The summed E-state index contributed by atoms with van der Waals surface area (Å²) in [5.74, 6) is 4.11. The Balaban J connectivity index is 1.36. The van der Waals surface area contributed by atoms with E-state index < -0.39 is 0 Å². The van der Waals surface area contributed by atoms with Gasteiger partial charge in [-0.3, -0.25) is 9.59 Å². The van der Waals surface area contributed by atoms with Gasteiger partial charge in [-0.05, 0) is 42.8 Å². The van der Waals surface area contributed by atoms with Crippen molar-refractivity contribution in [2.24, 2.45) is 5.10 Å². The largest absolute Gasteiger partial charge is 0.493 e. The highest BCUT2D eigenvalue weighted by Crippen LogP contribution is 2.30. The van der Waals surface area contributed by atoms with E-state index in [4.69, 9.17) is 9.47 Å². The van der Waals surface area contributed by atoms with E-state index in [1.54, 1.807) is 7.11 Å². The number of methoxy groups -OCH3 is 1. The van der Waals surface area contributed by atoms with Crippen LogP contribution < -0.4 is 14.8 Å². The van der Waals surface area contributed by atoms with Crippen molar-refractivity contribution in [3.8, 4) is 11.5 Å². The Morgan fingerprint density at radius 2 is 1.89 bits per heavy atom. The highest BCUT2D eigenvalue weighted by atomic mass is 32.2. The SMILES string of the molecule is CCOc1cc(C2=NN(Cc3ccc(NC(=O)CCN4CCSCC4)cc3)C(=O)SC2)ccc1OC. The lowest BCUT2D eigenvalue weighted by atomic mass is 10.1. The van der Waals surface area contributed by atoms with Gasteiger partial charge in [-0.15, -0.1) is 0 Å². The predicted molar refractivity (Wildman–Crippen MR) is 148 cm³/mol. The van der Waals surface area contributed by atoms with Crippen LogP contribution in [0.1, 0.15) is 24.5 Å². The fourth-order valence-electron chi connectivity index (χ4n) is 3.96. The molecule has 2 aliphatic rings. The van der Waals surface area contributed by atoms with Gasteiger partial charge in [0.1, 0.15) is 0 Å². The number of hydrazone groups is 1. The number of thioether (sulfide) groups is 2. The molecule has 1 N–H and O–H groups in total. The Hall–Kier alpha value is -2.69. The monoisotopic (exact) mass is 528 g/mol. The Bertz CT molecular complexity index is 1090. The van der Waals surface area contributed by atoms with Gasteiger partial charge in [0, 0.05) is 54.6 Å². The number of ether oxygens (including phenoxy) is 2. The number of nitrogens with zero attached hydrogens (tertiary/aromatic N) is 3. The summed E-state index contributed by atoms with van der Waals surface area (Å²) >= 11 is 3.19. The summed E-state index contributed by atoms with van der Waals surface area (Å²) in [6.07, 6.45) is 0.486. The Labute approximate surface area is 220 Å². The summed E-state index contributed by atoms with van der Waals surface area (Å²) in [6, 6.07) is 13.3. The molecule has 0 unspecified atom stereocenters. The third-order valence-corrected chi connectivity index (χ3v) is 7.73. The Morgan fingerprint density at radius 3 is 2.61 bits per heavy atom. The molecular formula is C26H32N4O4S2. The summed E-state index contributed by atoms with van der Waals surface area (Å²) in [5.41, 5.74) is 3.38. The molecule has 36 heavy (non-hydrogen) atoms. The minimum absolute atomic E-state index is 0.0174. The van der Waals surface area contributed by atoms with E-state index >= 15 is 0 Å². The molecule has 192 valence electrons. The number of rotatable bonds is 10. The molecule has 1 saturated heterocycles. The third-order valence-electron chi connectivity index (χ3n) is 5.91. The van der Waals surface area contributed by atoms with Crippen molar-refractivity contribution in [2.45, 2.75) is 19.9 Å². The molecule has 2 aliphatic heterocycles. The first kappa shape index (κ1) is 26.4. The maximum atomic E-state index is 12.5. The molecule has 0 aliphatic carbocycles. The molecule has 0 spiro atoms. The number of carbonyl (C=O) groups excluding carboxylic acids is 2. The second-order valence-electron chi connectivity index (χ2n) is 8.41. The summed E-state index contributed by atoms with van der Waals surface area (Å²) in [6.45, 7) is 5.70. The average molecular weight is 529 g/mol. The van der Waals surface area contributed by atoms with Crippen molar-refractivity contribution in [2.75, 3.05) is 55.9 Å². The first-order chi connectivity index (χ1) is 17.6. The molecule has 0 saturated carbocycles. The number of anilines is 1. The fourth-order valence-corrected chi connectivity index (χ4v) is 5.68. The van der Waals surface area contributed by atoms with Crippen molar-refractivity contribution in [3.63, 3.8) is 0 Å². The van der Waals surface area contributed by atoms with Crippen molar-refractivity contribution in [1.82, 2.24) is 9.91 Å². The van der Waals surface area contributed by atoms with Gasteiger partial charge in [0.2, 0.25) is 5.91 Å². The van der Waals surface area contributed by atoms with Crippen LogP contribution >= 0.6 is 23.5 Å². The van der Waals surface area contributed by atoms with E-state index in [2.05, 4.69) is 15.3 Å². The lowest BCUT2D eigenvalue weighted by Crippen LogP contribution is -2.34. The summed E-state index contributed by atoms with van der Waals surface area (Å²) in [5, 5.41) is 8.99. The zero-order chi connectivity index (χ0) is 25.3. The normalized spacial score (nSPS) is 16.4. The molecule has 10 heteroatoms. The molecule has 2 aromatic rings. The van der Waals surface area contributed by atoms with Gasteiger partial charge >= 0.3 is 5.24 Å². The summed E-state index contributed by atoms with van der Waals surface area (Å²) < 4.78 is 11.1. The molecule has 2 heterocycles. The van der Waals surface area contributed by atoms with Crippen molar-refractivity contribution < 1.29 is 19.1 Å². The van der Waals surface area contributed by atoms with Gasteiger partial charge in [-0.2, -0.15) is 16.9 Å². The van der Waals surface area contributed by atoms with Crippen molar-refractivity contribution >= 4 is 46.1 Å². The van der Waals surface area contributed by atoms with Gasteiger partial charge in [0.05, 0.1) is 26.0 Å². The number of carbonyl (C=O) groups is 2. The Morgan fingerprint density at radius 1 is 1.11 bits per heavy atom. The standard InChI is InChI=1S/C26H32N4O4S2/c1-3-34-24-16-20(6-9-23(24)33-2)22-18-36-26(32)30(28-22)17-19-4-7-21(8-5-19)27-25(31)10-11-29-12-14-35-15-13-29/h4-9,16H,3,10-15,17-18H2,1-2H3,(H,27,31). The highest BCUT2D eigenvalue weighted by molar-refractivity contribution is 8.14. The van der Waals surface area contributed by atoms with Gasteiger partial charge in [0.25, 0.3) is 0 Å².